The molecule has 0 aromatic rings. The van der Waals surface area contributed by atoms with Gasteiger partial charge in [-0.2, -0.15) is 0 Å². The van der Waals surface area contributed by atoms with Crippen molar-refractivity contribution in [1.82, 2.24) is 0 Å². The maximum Gasteiger partial charge on any atom is -0.0388 e. The Morgan fingerprint density at radius 1 is 1.00 bits per heavy atom. The quantitative estimate of drug-likeness (QED) is 0.567. The second-order valence-corrected chi connectivity index (χ2v) is 5.25. The SMILES string of the molecule is CCC(C)C(C)CCC(C)C1CC1. The smallest absolute Gasteiger partial charge is 0.0388 e. The van der Waals surface area contributed by atoms with E-state index in [9.17, 15) is 0 Å². The van der Waals surface area contributed by atoms with Crippen molar-refractivity contribution in [2.75, 3.05) is 0 Å². The number of hydrogen-bond donors (Lipinski definition) is 0. The summed E-state index contributed by atoms with van der Waals surface area (Å²) in [7, 11) is 0. The second kappa shape index (κ2) is 5.02. The molecule has 1 fully saturated rings. The van der Waals surface area contributed by atoms with Crippen molar-refractivity contribution in [3.63, 3.8) is 0 Å². The van der Waals surface area contributed by atoms with E-state index in [1.807, 2.05) is 0 Å². The Kier molecular flexibility index (Phi) is 4.28. The third-order valence-corrected chi connectivity index (χ3v) is 4.12. The Hall–Kier alpha value is 0. The first kappa shape index (κ1) is 11.1. The summed E-state index contributed by atoms with van der Waals surface area (Å²) in [6.07, 6.45) is 7.29. The second-order valence-electron chi connectivity index (χ2n) is 5.25. The Balaban J connectivity index is 2.09. The molecule has 0 heteroatoms. The standard InChI is InChI=1S/C13H26/c1-5-10(2)11(3)6-7-12(4)13-8-9-13/h10-13H,5-9H2,1-4H3. The van der Waals surface area contributed by atoms with Gasteiger partial charge in [0.2, 0.25) is 0 Å². The van der Waals surface area contributed by atoms with Gasteiger partial charge in [-0.05, 0) is 36.5 Å². The van der Waals surface area contributed by atoms with Gasteiger partial charge in [0.1, 0.15) is 0 Å². The van der Waals surface area contributed by atoms with Gasteiger partial charge in [0.05, 0.1) is 0 Å². The first-order valence-electron chi connectivity index (χ1n) is 6.15. The lowest BCUT2D eigenvalue weighted by molar-refractivity contribution is 0.314. The van der Waals surface area contributed by atoms with Crippen LogP contribution in [0.3, 0.4) is 0 Å². The van der Waals surface area contributed by atoms with Gasteiger partial charge in [-0.15, -0.1) is 0 Å². The summed E-state index contributed by atoms with van der Waals surface area (Å²) in [4.78, 5) is 0. The van der Waals surface area contributed by atoms with Gasteiger partial charge >= 0.3 is 0 Å². The van der Waals surface area contributed by atoms with Crippen molar-refractivity contribution in [2.24, 2.45) is 23.7 Å². The molecule has 1 aliphatic carbocycles. The zero-order valence-corrected chi connectivity index (χ0v) is 9.84. The van der Waals surface area contributed by atoms with Gasteiger partial charge in [0, 0.05) is 0 Å². The first-order chi connectivity index (χ1) is 6.15. The predicted molar refractivity (Wildman–Crippen MR) is 59.7 cm³/mol. The highest BCUT2D eigenvalue weighted by Crippen LogP contribution is 2.39. The average molecular weight is 182 g/mol. The van der Waals surface area contributed by atoms with E-state index in [-0.39, 0.29) is 0 Å². The highest BCUT2D eigenvalue weighted by molar-refractivity contribution is 4.79. The van der Waals surface area contributed by atoms with E-state index >= 15 is 0 Å². The molecule has 13 heavy (non-hydrogen) atoms. The molecule has 0 aromatic heterocycles. The normalized spacial score (nSPS) is 24.0. The average Bonchev–Trinajstić information content (AvgIpc) is 2.95. The molecule has 0 bridgehead atoms. The van der Waals surface area contributed by atoms with Crippen molar-refractivity contribution in [2.45, 2.75) is 59.8 Å². The van der Waals surface area contributed by atoms with E-state index in [1.165, 1.54) is 32.1 Å². The van der Waals surface area contributed by atoms with Crippen LogP contribution in [0, 0.1) is 23.7 Å². The van der Waals surface area contributed by atoms with E-state index in [1.54, 1.807) is 0 Å². The number of rotatable bonds is 6. The molecule has 3 unspecified atom stereocenters. The molecule has 3 atom stereocenters. The maximum atomic E-state index is 2.45. The fourth-order valence-corrected chi connectivity index (χ4v) is 2.11. The summed E-state index contributed by atoms with van der Waals surface area (Å²) in [6, 6.07) is 0. The molecule has 0 aliphatic heterocycles. The summed E-state index contributed by atoms with van der Waals surface area (Å²) in [5, 5.41) is 0. The molecule has 1 saturated carbocycles. The number of hydrogen-bond acceptors (Lipinski definition) is 0. The van der Waals surface area contributed by atoms with Crippen LogP contribution in [0.5, 0.6) is 0 Å². The summed E-state index contributed by atoms with van der Waals surface area (Å²) < 4.78 is 0. The van der Waals surface area contributed by atoms with Gasteiger partial charge in [-0.1, -0.05) is 47.0 Å². The largest absolute Gasteiger partial charge is 0.0651 e. The molecule has 1 rings (SSSR count). The van der Waals surface area contributed by atoms with Gasteiger partial charge in [-0.25, -0.2) is 0 Å². The maximum absolute atomic E-state index is 2.45. The van der Waals surface area contributed by atoms with Gasteiger partial charge in [0.25, 0.3) is 0 Å². The molecule has 0 aromatic carbocycles. The van der Waals surface area contributed by atoms with E-state index in [2.05, 4.69) is 27.7 Å². The zero-order valence-electron chi connectivity index (χ0n) is 9.84. The van der Waals surface area contributed by atoms with Gasteiger partial charge in [0.15, 0.2) is 0 Å². The lowest BCUT2D eigenvalue weighted by Crippen LogP contribution is -2.09. The van der Waals surface area contributed by atoms with Gasteiger partial charge in [-0.3, -0.25) is 0 Å². The van der Waals surface area contributed by atoms with Crippen LogP contribution in [-0.2, 0) is 0 Å². The fourth-order valence-electron chi connectivity index (χ4n) is 2.11. The highest BCUT2D eigenvalue weighted by Gasteiger charge is 2.27. The van der Waals surface area contributed by atoms with Crippen LogP contribution in [0.1, 0.15) is 59.8 Å². The van der Waals surface area contributed by atoms with Crippen LogP contribution in [0.25, 0.3) is 0 Å². The molecule has 0 saturated heterocycles. The molecular formula is C13H26. The van der Waals surface area contributed by atoms with Gasteiger partial charge < -0.3 is 0 Å². The molecular weight excluding hydrogens is 156 g/mol. The molecule has 0 nitrogen and oxygen atoms in total. The Morgan fingerprint density at radius 3 is 2.08 bits per heavy atom. The molecule has 1 aliphatic rings. The Morgan fingerprint density at radius 2 is 1.62 bits per heavy atom. The zero-order chi connectivity index (χ0) is 9.84. The van der Waals surface area contributed by atoms with E-state index in [0.717, 1.165) is 23.7 Å². The predicted octanol–water partition coefficient (Wildman–Crippen LogP) is 4.49. The summed E-state index contributed by atoms with van der Waals surface area (Å²) in [6.45, 7) is 9.58. The van der Waals surface area contributed by atoms with Crippen molar-refractivity contribution in [3.05, 3.63) is 0 Å². The monoisotopic (exact) mass is 182 g/mol. The molecule has 0 amide bonds. The third-order valence-electron chi connectivity index (χ3n) is 4.12. The first-order valence-corrected chi connectivity index (χ1v) is 6.15. The van der Waals surface area contributed by atoms with Crippen molar-refractivity contribution < 1.29 is 0 Å². The highest BCUT2D eigenvalue weighted by atomic mass is 14.3. The molecule has 78 valence electrons. The van der Waals surface area contributed by atoms with Crippen LogP contribution in [-0.4, -0.2) is 0 Å². The van der Waals surface area contributed by atoms with E-state index in [4.69, 9.17) is 0 Å². The van der Waals surface area contributed by atoms with E-state index in [0.29, 0.717) is 0 Å². The Labute approximate surface area is 84.1 Å². The van der Waals surface area contributed by atoms with Crippen LogP contribution in [0.15, 0.2) is 0 Å². The van der Waals surface area contributed by atoms with Crippen molar-refractivity contribution in [3.8, 4) is 0 Å². The van der Waals surface area contributed by atoms with Crippen molar-refractivity contribution >= 4 is 0 Å². The topological polar surface area (TPSA) is 0 Å². The minimum absolute atomic E-state index is 0.923. The summed E-state index contributed by atoms with van der Waals surface area (Å²) >= 11 is 0. The summed E-state index contributed by atoms with van der Waals surface area (Å²) in [5.74, 6) is 3.97. The van der Waals surface area contributed by atoms with Crippen LogP contribution in [0.4, 0.5) is 0 Å². The van der Waals surface area contributed by atoms with E-state index < -0.39 is 0 Å². The Bertz CT molecular complexity index is 135. The fraction of sp³-hybridized carbons (Fsp3) is 1.00. The van der Waals surface area contributed by atoms with Crippen molar-refractivity contribution in [1.29, 1.82) is 0 Å². The molecule has 0 heterocycles. The molecule has 0 spiro atoms. The summed E-state index contributed by atoms with van der Waals surface area (Å²) in [5.41, 5.74) is 0. The lowest BCUT2D eigenvalue weighted by Gasteiger charge is -2.20. The van der Waals surface area contributed by atoms with Crippen LogP contribution >= 0.6 is 0 Å². The lowest BCUT2D eigenvalue weighted by atomic mass is 9.86. The molecule has 0 N–H and O–H groups in total. The van der Waals surface area contributed by atoms with Crippen LogP contribution in [0.2, 0.25) is 0 Å². The minimum atomic E-state index is 0.923. The van der Waals surface area contributed by atoms with Crippen LogP contribution < -0.4 is 0 Å². The third kappa shape index (κ3) is 3.70. The minimum Gasteiger partial charge on any atom is -0.0651 e. The molecule has 0 radical (unpaired) electrons.